The number of carbonyl (C=O) groups excluding carboxylic acids is 1. The third kappa shape index (κ3) is 3.08. The van der Waals surface area contributed by atoms with Gasteiger partial charge >= 0.3 is 0 Å². The summed E-state index contributed by atoms with van der Waals surface area (Å²) in [6, 6.07) is 10.4. The van der Waals surface area contributed by atoms with Crippen molar-refractivity contribution in [2.45, 2.75) is 6.54 Å². The molecule has 2 aromatic rings. The fourth-order valence-electron chi connectivity index (χ4n) is 1.84. The lowest BCUT2D eigenvalue weighted by Crippen LogP contribution is -2.26. The highest BCUT2D eigenvalue weighted by molar-refractivity contribution is 6.31. The first-order chi connectivity index (χ1) is 9.49. The lowest BCUT2D eigenvalue weighted by atomic mass is 10.1. The fourth-order valence-corrected chi connectivity index (χ4v) is 2.03. The molecule has 0 atom stereocenters. The summed E-state index contributed by atoms with van der Waals surface area (Å²) in [5, 5.41) is 10.2. The molecule has 3 nitrogen and oxygen atoms in total. The van der Waals surface area contributed by atoms with E-state index in [-0.39, 0.29) is 17.9 Å². The van der Waals surface area contributed by atoms with Crippen LogP contribution in [0.2, 0.25) is 5.02 Å². The Labute approximate surface area is 121 Å². The summed E-state index contributed by atoms with van der Waals surface area (Å²) < 4.78 is 13.2. The normalized spacial score (nSPS) is 10.3. The maximum Gasteiger partial charge on any atom is 0.257 e. The van der Waals surface area contributed by atoms with E-state index in [1.807, 2.05) is 6.07 Å². The van der Waals surface area contributed by atoms with Crippen molar-refractivity contribution in [1.82, 2.24) is 4.90 Å². The Morgan fingerprint density at radius 3 is 2.70 bits per heavy atom. The monoisotopic (exact) mass is 293 g/mol. The Kier molecular flexibility index (Phi) is 4.25. The van der Waals surface area contributed by atoms with Crippen LogP contribution in [0.5, 0.6) is 5.75 Å². The minimum atomic E-state index is -0.572. The molecule has 0 fully saturated rings. The molecular formula is C15H13ClFNO2. The number of benzene rings is 2. The second-order valence-corrected chi connectivity index (χ2v) is 4.82. The highest BCUT2D eigenvalue weighted by Crippen LogP contribution is 2.22. The molecule has 0 aromatic heterocycles. The van der Waals surface area contributed by atoms with Crippen LogP contribution in [0.3, 0.4) is 0 Å². The molecule has 2 aromatic carbocycles. The van der Waals surface area contributed by atoms with Crippen molar-refractivity contribution in [3.8, 4) is 5.75 Å². The van der Waals surface area contributed by atoms with Gasteiger partial charge in [0, 0.05) is 18.6 Å². The molecule has 20 heavy (non-hydrogen) atoms. The van der Waals surface area contributed by atoms with Crippen molar-refractivity contribution in [1.29, 1.82) is 0 Å². The van der Waals surface area contributed by atoms with Crippen molar-refractivity contribution in [3.63, 3.8) is 0 Å². The van der Waals surface area contributed by atoms with Crippen LogP contribution in [0.15, 0.2) is 42.5 Å². The van der Waals surface area contributed by atoms with Crippen molar-refractivity contribution >= 4 is 17.5 Å². The molecule has 2 rings (SSSR count). The second-order valence-electron chi connectivity index (χ2n) is 4.41. The largest absolute Gasteiger partial charge is 0.507 e. The number of rotatable bonds is 3. The summed E-state index contributed by atoms with van der Waals surface area (Å²) in [5.74, 6) is -1.29. The van der Waals surface area contributed by atoms with Crippen molar-refractivity contribution in [2.75, 3.05) is 7.05 Å². The Balaban J connectivity index is 2.21. The van der Waals surface area contributed by atoms with E-state index in [4.69, 9.17) is 11.6 Å². The molecule has 0 aliphatic rings. The number of carbonyl (C=O) groups is 1. The summed E-state index contributed by atoms with van der Waals surface area (Å²) in [5.41, 5.74) is 0.709. The van der Waals surface area contributed by atoms with Gasteiger partial charge in [-0.3, -0.25) is 4.79 Å². The van der Waals surface area contributed by atoms with E-state index in [0.717, 1.165) is 23.8 Å². The molecule has 0 heterocycles. The molecule has 0 aliphatic heterocycles. The number of hydrogen-bond acceptors (Lipinski definition) is 2. The van der Waals surface area contributed by atoms with Gasteiger partial charge in [-0.15, -0.1) is 0 Å². The van der Waals surface area contributed by atoms with Gasteiger partial charge in [0.2, 0.25) is 0 Å². The summed E-state index contributed by atoms with van der Waals surface area (Å²) in [4.78, 5) is 13.6. The number of hydrogen-bond donors (Lipinski definition) is 1. The molecule has 0 aliphatic carbocycles. The number of halogens is 2. The zero-order valence-electron chi connectivity index (χ0n) is 10.8. The van der Waals surface area contributed by atoms with E-state index in [2.05, 4.69) is 0 Å². The topological polar surface area (TPSA) is 40.5 Å². The van der Waals surface area contributed by atoms with Gasteiger partial charge in [-0.25, -0.2) is 4.39 Å². The Hall–Kier alpha value is -2.07. The smallest absolute Gasteiger partial charge is 0.257 e. The van der Waals surface area contributed by atoms with Crippen molar-refractivity contribution < 1.29 is 14.3 Å². The third-order valence-corrected chi connectivity index (χ3v) is 3.27. The molecule has 0 saturated heterocycles. The van der Waals surface area contributed by atoms with Gasteiger partial charge < -0.3 is 10.0 Å². The van der Waals surface area contributed by atoms with Crippen LogP contribution in [0.25, 0.3) is 0 Å². The fraction of sp³-hybridized carbons (Fsp3) is 0.133. The number of phenolic OH excluding ortho intramolecular Hbond substituents is 1. The van der Waals surface area contributed by atoms with Crippen LogP contribution in [0.1, 0.15) is 15.9 Å². The molecular weight excluding hydrogens is 281 g/mol. The first-order valence-electron chi connectivity index (χ1n) is 5.96. The average molecular weight is 294 g/mol. The molecule has 1 amide bonds. The van der Waals surface area contributed by atoms with E-state index >= 15 is 0 Å². The zero-order valence-corrected chi connectivity index (χ0v) is 11.6. The molecule has 1 N–H and O–H groups in total. The van der Waals surface area contributed by atoms with Gasteiger partial charge in [0.05, 0.1) is 5.56 Å². The Bertz CT molecular complexity index is 646. The third-order valence-electron chi connectivity index (χ3n) is 2.90. The molecule has 0 spiro atoms. The van der Waals surface area contributed by atoms with E-state index in [0.29, 0.717) is 5.02 Å². The molecule has 5 heteroatoms. The first kappa shape index (κ1) is 14.3. The van der Waals surface area contributed by atoms with Crippen LogP contribution in [-0.4, -0.2) is 23.0 Å². The van der Waals surface area contributed by atoms with Crippen molar-refractivity contribution in [3.05, 3.63) is 64.4 Å². The number of aromatic hydroxyl groups is 1. The van der Waals surface area contributed by atoms with E-state index in [1.165, 1.54) is 4.90 Å². The van der Waals surface area contributed by atoms with E-state index in [1.54, 1.807) is 25.2 Å². The van der Waals surface area contributed by atoms with Crippen LogP contribution in [0, 0.1) is 5.82 Å². The lowest BCUT2D eigenvalue weighted by molar-refractivity contribution is 0.0781. The van der Waals surface area contributed by atoms with Gasteiger partial charge in [-0.05, 0) is 29.8 Å². The SMILES string of the molecule is CN(Cc1ccccc1Cl)C(=O)c1cc(F)ccc1O. The average Bonchev–Trinajstić information content (AvgIpc) is 2.43. The standard InChI is InChI=1S/C15H13ClFNO2/c1-18(9-10-4-2-3-5-13(10)16)15(20)12-8-11(17)6-7-14(12)19/h2-8,19H,9H2,1H3. The molecule has 0 saturated carbocycles. The molecule has 0 radical (unpaired) electrons. The van der Waals surface area contributed by atoms with Crippen LogP contribution >= 0.6 is 11.6 Å². The minimum Gasteiger partial charge on any atom is -0.507 e. The highest BCUT2D eigenvalue weighted by atomic mass is 35.5. The summed E-state index contributed by atoms with van der Waals surface area (Å²) in [6.07, 6.45) is 0. The van der Waals surface area contributed by atoms with Gasteiger partial charge in [0.15, 0.2) is 0 Å². The van der Waals surface area contributed by atoms with E-state index < -0.39 is 11.7 Å². The maximum atomic E-state index is 13.2. The Morgan fingerprint density at radius 1 is 1.30 bits per heavy atom. The number of phenols is 1. The van der Waals surface area contributed by atoms with Crippen molar-refractivity contribution in [2.24, 2.45) is 0 Å². The summed E-state index contributed by atoms with van der Waals surface area (Å²) in [6.45, 7) is 0.272. The van der Waals surface area contributed by atoms with Gasteiger partial charge in [-0.2, -0.15) is 0 Å². The maximum absolute atomic E-state index is 13.2. The van der Waals surface area contributed by atoms with Crippen LogP contribution in [-0.2, 0) is 6.54 Å². The minimum absolute atomic E-state index is 0.0699. The van der Waals surface area contributed by atoms with Gasteiger partial charge in [0.25, 0.3) is 5.91 Å². The predicted molar refractivity (Wildman–Crippen MR) is 75.3 cm³/mol. The quantitative estimate of drug-likeness (QED) is 0.941. The molecule has 0 unspecified atom stereocenters. The summed E-state index contributed by atoms with van der Waals surface area (Å²) >= 11 is 6.03. The second kappa shape index (κ2) is 5.92. The number of amides is 1. The summed E-state index contributed by atoms with van der Waals surface area (Å²) in [7, 11) is 1.57. The lowest BCUT2D eigenvalue weighted by Gasteiger charge is -2.18. The van der Waals surface area contributed by atoms with Gasteiger partial charge in [-0.1, -0.05) is 29.8 Å². The first-order valence-corrected chi connectivity index (χ1v) is 6.34. The zero-order chi connectivity index (χ0) is 14.7. The molecule has 0 bridgehead atoms. The van der Waals surface area contributed by atoms with Crippen LogP contribution < -0.4 is 0 Å². The predicted octanol–water partition coefficient (Wildman–Crippen LogP) is 3.46. The van der Waals surface area contributed by atoms with E-state index in [9.17, 15) is 14.3 Å². The Morgan fingerprint density at radius 2 is 2.00 bits per heavy atom. The highest BCUT2D eigenvalue weighted by Gasteiger charge is 2.17. The van der Waals surface area contributed by atoms with Gasteiger partial charge in [0.1, 0.15) is 11.6 Å². The number of nitrogens with zero attached hydrogens (tertiary/aromatic N) is 1. The van der Waals surface area contributed by atoms with Crippen LogP contribution in [0.4, 0.5) is 4.39 Å². The molecule has 104 valence electrons.